The van der Waals surface area contributed by atoms with Crippen molar-refractivity contribution in [2.75, 3.05) is 5.32 Å². The molecule has 0 atom stereocenters. The molecule has 0 fully saturated rings. The third-order valence-electron chi connectivity index (χ3n) is 1.53. The molecule has 0 unspecified atom stereocenters. The lowest BCUT2D eigenvalue weighted by Gasteiger charge is -2.00. The molecule has 0 aliphatic rings. The number of aliphatic imine (C=N–C) groups is 1. The zero-order valence-electron chi connectivity index (χ0n) is 7.23. The van der Waals surface area contributed by atoms with Crippen molar-refractivity contribution in [1.29, 1.82) is 0 Å². The summed E-state index contributed by atoms with van der Waals surface area (Å²) in [6.45, 7) is 0.261. The van der Waals surface area contributed by atoms with E-state index in [1.165, 1.54) is 6.08 Å². The van der Waals surface area contributed by atoms with Crippen LogP contribution in [-0.4, -0.2) is 17.3 Å². The van der Waals surface area contributed by atoms with Gasteiger partial charge in [-0.1, -0.05) is 12.1 Å². The molecule has 0 radical (unpaired) electrons. The quantitative estimate of drug-likeness (QED) is 0.564. The maximum atomic E-state index is 10.2. The molecule has 14 heavy (non-hydrogen) atoms. The topological polar surface area (TPSA) is 78.8 Å². The van der Waals surface area contributed by atoms with E-state index in [2.05, 4.69) is 10.3 Å². The number of benzene rings is 1. The third-order valence-corrected chi connectivity index (χ3v) is 1.53. The molecule has 72 valence electrons. The Balaban J connectivity index is 2.68. The van der Waals surface area contributed by atoms with Crippen LogP contribution in [0.1, 0.15) is 5.56 Å². The third kappa shape index (κ3) is 3.08. The van der Waals surface area contributed by atoms with Crippen LogP contribution >= 0.6 is 0 Å². The van der Waals surface area contributed by atoms with Gasteiger partial charge in [-0.25, -0.2) is 14.6 Å². The van der Waals surface area contributed by atoms with E-state index in [0.29, 0.717) is 5.69 Å². The molecule has 1 aromatic carbocycles. The predicted octanol–water partition coefficient (Wildman–Crippen LogP) is 1.61. The Morgan fingerprint density at radius 3 is 2.57 bits per heavy atom. The summed E-state index contributed by atoms with van der Waals surface area (Å²) in [5.74, 6) is 0. The number of nitrogens with one attached hydrogen (secondary N) is 1. The van der Waals surface area contributed by atoms with Crippen LogP contribution in [0.3, 0.4) is 0 Å². The fraction of sp³-hybridized carbons (Fsp3) is 0.111. The summed E-state index contributed by atoms with van der Waals surface area (Å²) in [7, 11) is 0. The highest BCUT2D eigenvalue weighted by atomic mass is 16.4. The Bertz CT molecular complexity index is 343. The summed E-state index contributed by atoms with van der Waals surface area (Å²) in [4.78, 5) is 23.4. The Morgan fingerprint density at radius 1 is 1.43 bits per heavy atom. The number of isocyanates is 1. The van der Waals surface area contributed by atoms with E-state index in [1.807, 2.05) is 0 Å². The summed E-state index contributed by atoms with van der Waals surface area (Å²) in [5, 5.41) is 10.6. The Labute approximate surface area is 80.1 Å². The zero-order chi connectivity index (χ0) is 10.4. The molecular formula is C9H8N2O3. The fourth-order valence-electron chi connectivity index (χ4n) is 0.941. The molecule has 0 spiro atoms. The largest absolute Gasteiger partial charge is 0.465 e. The van der Waals surface area contributed by atoms with Crippen molar-refractivity contribution in [2.24, 2.45) is 4.99 Å². The van der Waals surface area contributed by atoms with Crippen LogP contribution in [0.25, 0.3) is 0 Å². The van der Waals surface area contributed by atoms with Gasteiger partial charge in [0.2, 0.25) is 6.08 Å². The van der Waals surface area contributed by atoms with Crippen molar-refractivity contribution >= 4 is 17.9 Å². The van der Waals surface area contributed by atoms with Crippen molar-refractivity contribution in [3.05, 3.63) is 29.8 Å². The number of carboxylic acid groups (broad SMARTS) is 1. The summed E-state index contributed by atoms with van der Waals surface area (Å²) in [6, 6.07) is 6.58. The standard InChI is InChI=1S/C9H8N2O3/c12-6-10-5-7-1-3-8(4-2-7)11-9(13)14/h1-4,11H,5H2,(H,13,14). The number of hydrogen-bond acceptors (Lipinski definition) is 3. The average Bonchev–Trinajstić information content (AvgIpc) is 2.16. The second kappa shape index (κ2) is 4.79. The molecule has 0 bridgehead atoms. The molecule has 1 aromatic rings. The minimum absolute atomic E-state index is 0.261. The van der Waals surface area contributed by atoms with E-state index in [0.717, 1.165) is 5.56 Å². The van der Waals surface area contributed by atoms with Crippen molar-refractivity contribution in [3.8, 4) is 0 Å². The van der Waals surface area contributed by atoms with Gasteiger partial charge < -0.3 is 5.11 Å². The number of carbonyl (C=O) groups excluding carboxylic acids is 1. The van der Waals surface area contributed by atoms with Crippen LogP contribution in [0.15, 0.2) is 29.3 Å². The molecule has 5 nitrogen and oxygen atoms in total. The van der Waals surface area contributed by atoms with E-state index in [4.69, 9.17) is 5.11 Å². The van der Waals surface area contributed by atoms with Crippen molar-refractivity contribution < 1.29 is 14.7 Å². The van der Waals surface area contributed by atoms with E-state index in [1.54, 1.807) is 24.3 Å². The first-order chi connectivity index (χ1) is 6.72. The molecule has 0 aliphatic heterocycles. The van der Waals surface area contributed by atoms with Crippen LogP contribution in [-0.2, 0) is 11.3 Å². The number of anilines is 1. The number of amides is 1. The molecule has 0 aromatic heterocycles. The summed E-state index contributed by atoms with van der Waals surface area (Å²) < 4.78 is 0. The van der Waals surface area contributed by atoms with Gasteiger partial charge in [0.25, 0.3) is 0 Å². The molecular weight excluding hydrogens is 184 g/mol. The molecule has 0 heterocycles. The summed E-state index contributed by atoms with van der Waals surface area (Å²) in [5.41, 5.74) is 1.31. The van der Waals surface area contributed by atoms with Crippen LogP contribution in [0.2, 0.25) is 0 Å². The van der Waals surface area contributed by atoms with Gasteiger partial charge in [-0.15, -0.1) is 0 Å². The van der Waals surface area contributed by atoms with Gasteiger partial charge in [-0.3, -0.25) is 5.32 Å². The van der Waals surface area contributed by atoms with Crippen molar-refractivity contribution in [1.82, 2.24) is 0 Å². The molecule has 1 amide bonds. The first kappa shape index (κ1) is 9.95. The minimum atomic E-state index is -1.11. The van der Waals surface area contributed by atoms with Gasteiger partial charge in [-0.2, -0.15) is 0 Å². The number of carbonyl (C=O) groups is 1. The second-order valence-corrected chi connectivity index (χ2v) is 2.53. The monoisotopic (exact) mass is 192 g/mol. The number of nitrogens with zero attached hydrogens (tertiary/aromatic N) is 1. The van der Waals surface area contributed by atoms with Crippen LogP contribution in [0.4, 0.5) is 10.5 Å². The smallest absolute Gasteiger partial charge is 0.409 e. The molecule has 0 saturated heterocycles. The highest BCUT2D eigenvalue weighted by molar-refractivity contribution is 5.82. The molecule has 1 rings (SSSR count). The molecule has 0 saturated carbocycles. The highest BCUT2D eigenvalue weighted by Crippen LogP contribution is 2.09. The van der Waals surface area contributed by atoms with Gasteiger partial charge in [0.15, 0.2) is 0 Å². The maximum absolute atomic E-state index is 10.2. The predicted molar refractivity (Wildman–Crippen MR) is 49.9 cm³/mol. The average molecular weight is 192 g/mol. The van der Waals surface area contributed by atoms with Gasteiger partial charge in [0, 0.05) is 5.69 Å². The van der Waals surface area contributed by atoms with E-state index >= 15 is 0 Å². The lowest BCUT2D eigenvalue weighted by molar-refractivity contribution is 0.210. The number of hydrogen-bond donors (Lipinski definition) is 2. The zero-order valence-corrected chi connectivity index (χ0v) is 7.23. The van der Waals surface area contributed by atoms with E-state index in [9.17, 15) is 9.59 Å². The van der Waals surface area contributed by atoms with Crippen molar-refractivity contribution in [2.45, 2.75) is 6.54 Å². The lowest BCUT2D eigenvalue weighted by atomic mass is 10.2. The van der Waals surface area contributed by atoms with Crippen LogP contribution in [0.5, 0.6) is 0 Å². The Hall–Kier alpha value is -2.13. The van der Waals surface area contributed by atoms with Gasteiger partial charge in [-0.05, 0) is 17.7 Å². The normalized spacial score (nSPS) is 8.86. The van der Waals surface area contributed by atoms with Gasteiger partial charge >= 0.3 is 6.09 Å². The fourth-order valence-corrected chi connectivity index (χ4v) is 0.941. The van der Waals surface area contributed by atoms with Gasteiger partial charge in [0.05, 0.1) is 6.54 Å². The Morgan fingerprint density at radius 2 is 2.07 bits per heavy atom. The van der Waals surface area contributed by atoms with E-state index in [-0.39, 0.29) is 6.54 Å². The SMILES string of the molecule is O=C=NCc1ccc(NC(=O)O)cc1. The number of rotatable bonds is 3. The lowest BCUT2D eigenvalue weighted by Crippen LogP contribution is -2.06. The molecule has 5 heteroatoms. The van der Waals surface area contributed by atoms with Crippen LogP contribution in [0, 0.1) is 0 Å². The van der Waals surface area contributed by atoms with Crippen LogP contribution < -0.4 is 5.32 Å². The van der Waals surface area contributed by atoms with Crippen molar-refractivity contribution in [3.63, 3.8) is 0 Å². The summed E-state index contributed by atoms with van der Waals surface area (Å²) >= 11 is 0. The molecule has 2 N–H and O–H groups in total. The first-order valence-electron chi connectivity index (χ1n) is 3.85. The highest BCUT2D eigenvalue weighted by Gasteiger charge is 1.97. The van der Waals surface area contributed by atoms with E-state index < -0.39 is 6.09 Å². The molecule has 0 aliphatic carbocycles. The Kier molecular flexibility index (Phi) is 3.41. The maximum Gasteiger partial charge on any atom is 0.409 e. The first-order valence-corrected chi connectivity index (χ1v) is 3.85. The van der Waals surface area contributed by atoms with Gasteiger partial charge in [0.1, 0.15) is 0 Å². The minimum Gasteiger partial charge on any atom is -0.465 e. The second-order valence-electron chi connectivity index (χ2n) is 2.53. The summed E-state index contributed by atoms with van der Waals surface area (Å²) in [6.07, 6.45) is 0.321.